The van der Waals surface area contributed by atoms with E-state index in [4.69, 9.17) is 26.8 Å². The van der Waals surface area contributed by atoms with Crippen LogP contribution in [-0.4, -0.2) is 104 Å². The van der Waals surface area contributed by atoms with Crippen LogP contribution in [0, 0.1) is 0 Å². The van der Waals surface area contributed by atoms with Gasteiger partial charge in [-0.25, -0.2) is 0 Å². The van der Waals surface area contributed by atoms with Crippen LogP contribution >= 0.6 is 23.4 Å². The van der Waals surface area contributed by atoms with Crippen molar-refractivity contribution in [1.82, 2.24) is 9.80 Å². The summed E-state index contributed by atoms with van der Waals surface area (Å²) in [4.78, 5) is 44.0. The number of amides is 1. The van der Waals surface area contributed by atoms with Gasteiger partial charge in [0.2, 0.25) is 0 Å². The molecule has 44 heavy (non-hydrogen) atoms. The first kappa shape index (κ1) is 35.8. The monoisotopic (exact) mass is 646 g/mol. The fourth-order valence-corrected chi connectivity index (χ4v) is 5.93. The maximum Gasteiger partial charge on any atom is 0.323 e. The number of esters is 1. The maximum absolute atomic E-state index is 13.3. The Morgan fingerprint density at radius 2 is 1.73 bits per heavy atom. The first-order chi connectivity index (χ1) is 21.2. The molecule has 1 fully saturated rings. The zero-order valence-electron chi connectivity index (χ0n) is 26.2. The van der Waals surface area contributed by atoms with Crippen molar-refractivity contribution in [2.24, 2.45) is 5.73 Å². The van der Waals surface area contributed by atoms with Crippen LogP contribution in [0.2, 0.25) is 5.02 Å². The SMILES string of the molecule is CCCCOC(=O)C(N)CSC(C=O)N(CCOC(C)C)c1ccc(C(=O)N2CCN(CCc3ccc(Cl)cc3)CC2)cc1. The first-order valence-electron chi connectivity index (χ1n) is 15.4. The number of aldehydes is 1. The fourth-order valence-electron chi connectivity index (χ4n) is 4.78. The molecule has 2 N–H and O–H groups in total. The number of hydrogen-bond donors (Lipinski definition) is 1. The average Bonchev–Trinajstić information content (AvgIpc) is 3.03. The molecule has 1 amide bonds. The molecule has 0 aliphatic carbocycles. The fraction of sp³-hybridized carbons (Fsp3) is 0.545. The molecule has 3 rings (SSSR count). The molecule has 2 aromatic carbocycles. The summed E-state index contributed by atoms with van der Waals surface area (Å²) in [6.07, 6.45) is 3.54. The molecule has 0 radical (unpaired) electrons. The third-order valence-corrected chi connectivity index (χ3v) is 8.94. The van der Waals surface area contributed by atoms with Gasteiger partial charge in [-0.05, 0) is 68.7 Å². The topological polar surface area (TPSA) is 105 Å². The molecule has 2 unspecified atom stereocenters. The second kappa shape index (κ2) is 19.0. The van der Waals surface area contributed by atoms with Gasteiger partial charge < -0.3 is 29.8 Å². The summed E-state index contributed by atoms with van der Waals surface area (Å²) in [5.74, 6) is -0.231. The smallest absolute Gasteiger partial charge is 0.323 e. The summed E-state index contributed by atoms with van der Waals surface area (Å²) < 4.78 is 11.0. The van der Waals surface area contributed by atoms with Gasteiger partial charge in [0.05, 0.1) is 19.3 Å². The molecule has 2 atom stereocenters. The van der Waals surface area contributed by atoms with E-state index in [1.54, 1.807) is 0 Å². The van der Waals surface area contributed by atoms with E-state index in [0.29, 0.717) is 38.4 Å². The minimum absolute atomic E-state index is 0.00235. The maximum atomic E-state index is 13.3. The number of carbonyl (C=O) groups excluding carboxylic acids is 3. The van der Waals surface area contributed by atoms with E-state index in [0.717, 1.165) is 55.9 Å². The quantitative estimate of drug-likeness (QED) is 0.108. The Kier molecular flexibility index (Phi) is 15.5. The van der Waals surface area contributed by atoms with Crippen LogP contribution in [0.5, 0.6) is 0 Å². The number of thioether (sulfide) groups is 1. The molecule has 0 saturated carbocycles. The predicted molar refractivity (Wildman–Crippen MR) is 179 cm³/mol. The Balaban J connectivity index is 1.57. The second-order valence-corrected chi connectivity index (χ2v) is 12.7. The van der Waals surface area contributed by atoms with Gasteiger partial charge in [0.1, 0.15) is 11.4 Å². The van der Waals surface area contributed by atoms with Gasteiger partial charge in [0.25, 0.3) is 5.91 Å². The lowest BCUT2D eigenvalue weighted by Crippen LogP contribution is -2.49. The van der Waals surface area contributed by atoms with Crippen molar-refractivity contribution in [1.29, 1.82) is 0 Å². The summed E-state index contributed by atoms with van der Waals surface area (Å²) in [5, 5.41) is 0.147. The van der Waals surface area contributed by atoms with Gasteiger partial charge in [0.15, 0.2) is 6.29 Å². The summed E-state index contributed by atoms with van der Waals surface area (Å²) in [6, 6.07) is 14.5. The van der Waals surface area contributed by atoms with E-state index in [2.05, 4.69) is 17.0 Å². The van der Waals surface area contributed by atoms with Crippen LogP contribution in [-0.2, 0) is 25.5 Å². The van der Waals surface area contributed by atoms with Crippen LogP contribution in [0.4, 0.5) is 5.69 Å². The Morgan fingerprint density at radius 3 is 2.34 bits per heavy atom. The predicted octanol–water partition coefficient (Wildman–Crippen LogP) is 4.50. The van der Waals surface area contributed by atoms with Gasteiger partial charge in [0, 0.05) is 61.3 Å². The van der Waals surface area contributed by atoms with Gasteiger partial charge in [-0.2, -0.15) is 0 Å². The van der Waals surface area contributed by atoms with Crippen molar-refractivity contribution in [3.8, 4) is 0 Å². The number of anilines is 1. The highest BCUT2D eigenvalue weighted by molar-refractivity contribution is 8.00. The molecule has 11 heteroatoms. The molecule has 2 aromatic rings. The normalized spacial score (nSPS) is 15.2. The number of hydrogen-bond acceptors (Lipinski definition) is 9. The zero-order valence-corrected chi connectivity index (χ0v) is 27.7. The second-order valence-electron chi connectivity index (χ2n) is 11.2. The van der Waals surface area contributed by atoms with Crippen LogP contribution in [0.3, 0.4) is 0 Å². The van der Waals surface area contributed by atoms with E-state index >= 15 is 0 Å². The highest BCUT2D eigenvalue weighted by Crippen LogP contribution is 2.24. The largest absolute Gasteiger partial charge is 0.465 e. The number of nitrogens with zero attached hydrogens (tertiary/aromatic N) is 3. The molecule has 0 aromatic heterocycles. The van der Waals surface area contributed by atoms with E-state index in [9.17, 15) is 14.4 Å². The molecular weight excluding hydrogens is 600 g/mol. The Labute approximate surface area is 271 Å². The first-order valence-corrected chi connectivity index (χ1v) is 16.9. The lowest BCUT2D eigenvalue weighted by atomic mass is 10.1. The molecule has 0 spiro atoms. The summed E-state index contributed by atoms with van der Waals surface area (Å²) in [5.41, 5.74) is 8.70. The van der Waals surface area contributed by atoms with Crippen LogP contribution in [0.1, 0.15) is 49.5 Å². The number of benzene rings is 2. The van der Waals surface area contributed by atoms with E-state index in [1.807, 2.05) is 67.0 Å². The number of unbranched alkanes of at least 4 members (excludes halogenated alkanes) is 1. The van der Waals surface area contributed by atoms with Crippen molar-refractivity contribution in [3.63, 3.8) is 0 Å². The van der Waals surface area contributed by atoms with Crippen molar-refractivity contribution in [3.05, 3.63) is 64.7 Å². The molecule has 0 bridgehead atoms. The number of rotatable bonds is 18. The standard InChI is InChI=1S/C33H47ClN4O5S/c1-4-5-21-43-33(41)30(35)24-44-31(23-39)38(20-22-42-25(2)3)29-12-8-27(9-13-29)32(40)37-18-16-36(17-19-37)15-14-26-6-10-28(34)11-7-26/h6-13,23,25,30-31H,4-5,14-22,24,35H2,1-3H3. The van der Waals surface area contributed by atoms with Crippen molar-refractivity contribution < 1.29 is 23.9 Å². The molecular formula is C33H47ClN4O5S. The third-order valence-electron chi connectivity index (χ3n) is 7.43. The molecule has 9 nitrogen and oxygen atoms in total. The van der Waals surface area contributed by atoms with Crippen LogP contribution in [0.15, 0.2) is 48.5 Å². The van der Waals surface area contributed by atoms with Crippen molar-refractivity contribution in [2.75, 3.05) is 63.1 Å². The molecule has 1 saturated heterocycles. The highest BCUT2D eigenvalue weighted by atomic mass is 35.5. The van der Waals surface area contributed by atoms with Gasteiger partial charge in [-0.3, -0.25) is 14.5 Å². The molecule has 1 aliphatic heterocycles. The van der Waals surface area contributed by atoms with Gasteiger partial charge in [-0.1, -0.05) is 37.1 Å². The van der Waals surface area contributed by atoms with Gasteiger partial charge >= 0.3 is 5.97 Å². The Hall–Kier alpha value is -2.63. The van der Waals surface area contributed by atoms with Crippen LogP contribution in [0.25, 0.3) is 0 Å². The number of ether oxygens (including phenoxy) is 2. The number of piperazine rings is 1. The van der Waals surface area contributed by atoms with E-state index in [-0.39, 0.29) is 17.8 Å². The highest BCUT2D eigenvalue weighted by Gasteiger charge is 2.25. The zero-order chi connectivity index (χ0) is 31.9. The summed E-state index contributed by atoms with van der Waals surface area (Å²) >= 11 is 7.28. The van der Waals surface area contributed by atoms with Crippen molar-refractivity contribution in [2.45, 2.75) is 57.6 Å². The molecule has 1 heterocycles. The average molecular weight is 647 g/mol. The number of carbonyl (C=O) groups is 3. The summed E-state index contributed by atoms with van der Waals surface area (Å²) in [6.45, 7) is 11.1. The number of nitrogens with two attached hydrogens (primary N) is 1. The minimum atomic E-state index is -0.828. The van der Waals surface area contributed by atoms with E-state index in [1.165, 1.54) is 17.3 Å². The third kappa shape index (κ3) is 11.7. The van der Waals surface area contributed by atoms with Gasteiger partial charge in [-0.15, -0.1) is 11.8 Å². The lowest BCUT2D eigenvalue weighted by Gasteiger charge is -2.35. The van der Waals surface area contributed by atoms with Crippen molar-refractivity contribution >= 4 is 47.2 Å². The molecule has 1 aliphatic rings. The van der Waals surface area contributed by atoms with E-state index < -0.39 is 17.4 Å². The Bertz CT molecular complexity index is 1160. The number of halogens is 1. The lowest BCUT2D eigenvalue weighted by molar-refractivity contribution is -0.144. The Morgan fingerprint density at radius 1 is 1.05 bits per heavy atom. The summed E-state index contributed by atoms with van der Waals surface area (Å²) in [7, 11) is 0. The molecule has 242 valence electrons. The minimum Gasteiger partial charge on any atom is -0.465 e. The van der Waals surface area contributed by atoms with Crippen LogP contribution < -0.4 is 10.6 Å².